The number of amides is 1. The minimum atomic E-state index is -0.172. The van der Waals surface area contributed by atoms with Gasteiger partial charge in [0.1, 0.15) is 5.69 Å². The fourth-order valence-electron chi connectivity index (χ4n) is 3.19. The molecule has 0 aliphatic carbocycles. The number of carbonyl (C=O) groups is 1. The molecule has 4 heteroatoms. The van der Waals surface area contributed by atoms with Gasteiger partial charge in [-0.3, -0.25) is 4.79 Å². The lowest BCUT2D eigenvalue weighted by Gasteiger charge is -2.09. The number of nitrogens with one attached hydrogen (secondary N) is 1. The normalized spacial score (nSPS) is 10.6. The number of rotatable bonds is 4. The smallest absolute Gasteiger partial charge is 0.259 e. The highest BCUT2D eigenvalue weighted by Gasteiger charge is 2.20. The third-order valence-corrected chi connectivity index (χ3v) is 4.77. The minimum absolute atomic E-state index is 0.172. The maximum Gasteiger partial charge on any atom is 0.259 e. The largest absolute Gasteiger partial charge is 0.322 e. The summed E-state index contributed by atoms with van der Waals surface area (Å²) in [4.78, 5) is 13.2. The Morgan fingerprint density at radius 2 is 1.46 bits per heavy atom. The second-order valence-electron chi connectivity index (χ2n) is 6.76. The van der Waals surface area contributed by atoms with E-state index in [1.165, 1.54) is 0 Å². The molecule has 4 nitrogen and oxygen atoms in total. The Kier molecular flexibility index (Phi) is 4.77. The lowest BCUT2D eigenvalue weighted by atomic mass is 10.0. The molecule has 4 aromatic rings. The second-order valence-corrected chi connectivity index (χ2v) is 6.76. The topological polar surface area (TPSA) is 46.9 Å². The van der Waals surface area contributed by atoms with Crippen LogP contribution in [0.3, 0.4) is 0 Å². The van der Waals surface area contributed by atoms with E-state index in [0.717, 1.165) is 28.1 Å². The maximum atomic E-state index is 13.2. The van der Waals surface area contributed by atoms with Gasteiger partial charge < -0.3 is 5.32 Å². The van der Waals surface area contributed by atoms with E-state index in [4.69, 9.17) is 5.10 Å². The molecular weight excluding hydrogens is 346 g/mol. The number of aryl methyl sites for hydroxylation is 2. The number of carbonyl (C=O) groups excluding carboxylic acids is 1. The summed E-state index contributed by atoms with van der Waals surface area (Å²) in [5.74, 6) is -0.172. The molecule has 138 valence electrons. The first-order valence-corrected chi connectivity index (χ1v) is 9.21. The zero-order valence-corrected chi connectivity index (χ0v) is 15.9. The first-order valence-electron chi connectivity index (χ1n) is 9.21. The molecule has 1 heterocycles. The summed E-state index contributed by atoms with van der Waals surface area (Å²) < 4.78 is 1.76. The van der Waals surface area contributed by atoms with Gasteiger partial charge in [0.2, 0.25) is 0 Å². The molecule has 0 aliphatic heterocycles. The first-order chi connectivity index (χ1) is 13.6. The van der Waals surface area contributed by atoms with Crippen molar-refractivity contribution in [3.8, 4) is 16.9 Å². The van der Waals surface area contributed by atoms with Crippen molar-refractivity contribution in [3.05, 3.63) is 102 Å². The average molecular weight is 367 g/mol. The van der Waals surface area contributed by atoms with Crippen molar-refractivity contribution in [2.45, 2.75) is 13.8 Å². The number of benzene rings is 3. The van der Waals surface area contributed by atoms with E-state index in [0.29, 0.717) is 11.3 Å². The predicted octanol–water partition coefficient (Wildman–Crippen LogP) is 5.41. The molecule has 0 aliphatic rings. The SMILES string of the molecule is Cc1ccccc1NC(=O)c1cn(-c2ccccc2)nc1-c1ccccc1C. The van der Waals surface area contributed by atoms with Gasteiger partial charge in [0, 0.05) is 17.4 Å². The number of anilines is 1. The van der Waals surface area contributed by atoms with E-state index in [2.05, 4.69) is 5.32 Å². The Balaban J connectivity index is 1.81. The standard InChI is InChI=1S/C24H21N3O/c1-17-10-6-8-14-20(17)23-21(16-27(26-23)19-12-4-3-5-13-19)24(28)25-22-15-9-7-11-18(22)2/h3-16H,1-2H3,(H,25,28). The highest BCUT2D eigenvalue weighted by molar-refractivity contribution is 6.08. The van der Waals surface area contributed by atoms with Crippen molar-refractivity contribution in [1.29, 1.82) is 0 Å². The molecule has 0 saturated carbocycles. The van der Waals surface area contributed by atoms with Crippen LogP contribution in [0.25, 0.3) is 16.9 Å². The molecule has 28 heavy (non-hydrogen) atoms. The first kappa shape index (κ1) is 17.7. The molecule has 1 N–H and O–H groups in total. The average Bonchev–Trinajstić information content (AvgIpc) is 3.16. The van der Waals surface area contributed by atoms with E-state index in [1.807, 2.05) is 92.7 Å². The van der Waals surface area contributed by atoms with Gasteiger partial charge in [0.25, 0.3) is 5.91 Å². The van der Waals surface area contributed by atoms with E-state index < -0.39 is 0 Å². The maximum absolute atomic E-state index is 13.2. The Bertz CT molecular complexity index is 1130. The van der Waals surface area contributed by atoms with Crippen LogP contribution in [0.4, 0.5) is 5.69 Å². The molecule has 1 aromatic heterocycles. The van der Waals surface area contributed by atoms with Crippen LogP contribution in [0.2, 0.25) is 0 Å². The molecule has 0 radical (unpaired) electrons. The third kappa shape index (κ3) is 3.45. The molecule has 0 unspecified atom stereocenters. The van der Waals surface area contributed by atoms with Crippen LogP contribution in [0.15, 0.2) is 85.1 Å². The van der Waals surface area contributed by atoms with Gasteiger partial charge in [-0.1, -0.05) is 60.7 Å². The molecular formula is C24H21N3O. The molecule has 0 fully saturated rings. The molecule has 3 aromatic carbocycles. The van der Waals surface area contributed by atoms with Crippen LogP contribution in [0.1, 0.15) is 21.5 Å². The summed E-state index contributed by atoms with van der Waals surface area (Å²) in [5.41, 5.74) is 5.97. The van der Waals surface area contributed by atoms with Crippen LogP contribution in [0.5, 0.6) is 0 Å². The van der Waals surface area contributed by atoms with Gasteiger partial charge in [-0.25, -0.2) is 4.68 Å². The Morgan fingerprint density at radius 3 is 2.18 bits per heavy atom. The van der Waals surface area contributed by atoms with Crippen molar-refractivity contribution >= 4 is 11.6 Å². The minimum Gasteiger partial charge on any atom is -0.322 e. The van der Waals surface area contributed by atoms with Gasteiger partial charge in [0.15, 0.2) is 0 Å². The van der Waals surface area contributed by atoms with Crippen LogP contribution < -0.4 is 5.32 Å². The Morgan fingerprint density at radius 1 is 0.821 bits per heavy atom. The van der Waals surface area contributed by atoms with Crippen LogP contribution in [-0.4, -0.2) is 15.7 Å². The highest BCUT2D eigenvalue weighted by atomic mass is 16.1. The lowest BCUT2D eigenvalue weighted by Crippen LogP contribution is -2.13. The van der Waals surface area contributed by atoms with Gasteiger partial charge in [-0.2, -0.15) is 5.10 Å². The lowest BCUT2D eigenvalue weighted by molar-refractivity contribution is 0.102. The van der Waals surface area contributed by atoms with Crippen molar-refractivity contribution in [1.82, 2.24) is 9.78 Å². The van der Waals surface area contributed by atoms with E-state index >= 15 is 0 Å². The number of nitrogens with zero attached hydrogens (tertiary/aromatic N) is 2. The molecule has 4 rings (SSSR count). The fourth-order valence-corrected chi connectivity index (χ4v) is 3.19. The number of hydrogen-bond donors (Lipinski definition) is 1. The summed E-state index contributed by atoms with van der Waals surface area (Å²) in [7, 11) is 0. The summed E-state index contributed by atoms with van der Waals surface area (Å²) in [6.07, 6.45) is 1.80. The van der Waals surface area contributed by atoms with Gasteiger partial charge in [-0.05, 0) is 43.2 Å². The highest BCUT2D eigenvalue weighted by Crippen LogP contribution is 2.27. The van der Waals surface area contributed by atoms with Crippen molar-refractivity contribution in [2.75, 3.05) is 5.32 Å². The van der Waals surface area contributed by atoms with Gasteiger partial charge in [0.05, 0.1) is 11.3 Å². The summed E-state index contributed by atoms with van der Waals surface area (Å²) in [6.45, 7) is 4.01. The fraction of sp³-hybridized carbons (Fsp3) is 0.0833. The number of para-hydroxylation sites is 2. The van der Waals surface area contributed by atoms with E-state index in [1.54, 1.807) is 10.9 Å². The summed E-state index contributed by atoms with van der Waals surface area (Å²) in [5, 5.41) is 7.78. The molecule has 0 bridgehead atoms. The van der Waals surface area contributed by atoms with Crippen molar-refractivity contribution in [3.63, 3.8) is 0 Å². The number of hydrogen-bond acceptors (Lipinski definition) is 2. The van der Waals surface area contributed by atoms with Gasteiger partial charge >= 0.3 is 0 Å². The quantitative estimate of drug-likeness (QED) is 0.524. The third-order valence-electron chi connectivity index (χ3n) is 4.77. The molecule has 0 saturated heterocycles. The monoisotopic (exact) mass is 367 g/mol. The summed E-state index contributed by atoms with van der Waals surface area (Å²) in [6, 6.07) is 25.5. The van der Waals surface area contributed by atoms with Crippen molar-refractivity contribution < 1.29 is 4.79 Å². The van der Waals surface area contributed by atoms with Crippen LogP contribution >= 0.6 is 0 Å². The van der Waals surface area contributed by atoms with Gasteiger partial charge in [-0.15, -0.1) is 0 Å². The van der Waals surface area contributed by atoms with E-state index in [-0.39, 0.29) is 5.91 Å². The van der Waals surface area contributed by atoms with E-state index in [9.17, 15) is 4.79 Å². The molecule has 0 spiro atoms. The predicted molar refractivity (Wildman–Crippen MR) is 113 cm³/mol. The summed E-state index contributed by atoms with van der Waals surface area (Å²) >= 11 is 0. The van der Waals surface area contributed by atoms with Crippen molar-refractivity contribution in [2.24, 2.45) is 0 Å². The van der Waals surface area contributed by atoms with Crippen LogP contribution in [-0.2, 0) is 0 Å². The molecule has 1 amide bonds. The Labute approximate surface area is 164 Å². The second kappa shape index (κ2) is 7.53. The molecule has 0 atom stereocenters. The Hall–Kier alpha value is -3.66. The zero-order chi connectivity index (χ0) is 19.5. The zero-order valence-electron chi connectivity index (χ0n) is 15.9. The van der Waals surface area contributed by atoms with Crippen LogP contribution in [0, 0.1) is 13.8 Å². The number of aromatic nitrogens is 2.